The molecule has 4 N–H and O–H groups in total. The van der Waals surface area contributed by atoms with Crippen molar-refractivity contribution in [2.45, 2.75) is 45.8 Å². The summed E-state index contributed by atoms with van der Waals surface area (Å²) >= 11 is 0. The van der Waals surface area contributed by atoms with E-state index in [1.165, 1.54) is 0 Å². The summed E-state index contributed by atoms with van der Waals surface area (Å²) in [6.07, 6.45) is 4.02. The SMILES string of the molecule is CCN.CCc1ncc(-c2ccc3cc(-c4ccc5c(=O)cc(C6CCCN6C(=O)OCc6ccccc6)[nH]c5c4)ccc3c2)[nH]1. The fraction of sp³-hybridized carbons (Fsp3) is 0.237. The number of carbonyl (C=O) groups is 1. The highest BCUT2D eigenvalue weighted by Crippen LogP contribution is 2.33. The number of nitrogens with zero attached hydrogens (tertiary/aromatic N) is 2. The summed E-state index contributed by atoms with van der Waals surface area (Å²) in [4.78, 5) is 39.2. The number of fused-ring (bicyclic) bond motifs is 2. The molecule has 7 rings (SSSR count). The number of aryl methyl sites for hydroxylation is 1. The van der Waals surface area contributed by atoms with E-state index in [0.29, 0.717) is 11.9 Å². The van der Waals surface area contributed by atoms with E-state index in [1.807, 2.05) is 61.7 Å². The lowest BCUT2D eigenvalue weighted by molar-refractivity contribution is 0.0915. The van der Waals surface area contributed by atoms with Crippen LogP contribution < -0.4 is 11.2 Å². The maximum absolute atomic E-state index is 13.2. The number of carbonyl (C=O) groups excluding carboxylic acids is 1. The maximum atomic E-state index is 13.2. The third-order valence-corrected chi connectivity index (χ3v) is 8.35. The van der Waals surface area contributed by atoms with Crippen LogP contribution in [0.4, 0.5) is 4.79 Å². The first-order valence-corrected chi connectivity index (χ1v) is 15.9. The van der Waals surface area contributed by atoms with Crippen molar-refractivity contribution in [1.29, 1.82) is 0 Å². The lowest BCUT2D eigenvalue weighted by Gasteiger charge is -2.24. The van der Waals surface area contributed by atoms with Crippen molar-refractivity contribution in [1.82, 2.24) is 19.9 Å². The lowest BCUT2D eigenvalue weighted by Crippen LogP contribution is -2.32. The average molecular weight is 614 g/mol. The summed E-state index contributed by atoms with van der Waals surface area (Å²) < 4.78 is 5.62. The Hall–Kier alpha value is -5.21. The number of benzene rings is 4. The molecule has 0 radical (unpaired) electrons. The number of rotatable bonds is 6. The Labute approximate surface area is 268 Å². The minimum Gasteiger partial charge on any atom is -0.445 e. The molecule has 234 valence electrons. The number of likely N-dealkylation sites (tertiary alicyclic amines) is 1. The van der Waals surface area contributed by atoms with Gasteiger partial charge in [-0.1, -0.05) is 74.5 Å². The summed E-state index contributed by atoms with van der Waals surface area (Å²) in [7, 11) is 0. The second kappa shape index (κ2) is 13.8. The Balaban J connectivity index is 0.00000119. The number of nitrogens with one attached hydrogen (secondary N) is 2. The first kappa shape index (κ1) is 30.8. The number of imidazole rings is 1. The van der Waals surface area contributed by atoms with Gasteiger partial charge in [0.05, 0.1) is 23.4 Å². The Kier molecular flexibility index (Phi) is 9.26. The summed E-state index contributed by atoms with van der Waals surface area (Å²) in [6.45, 7) is 5.55. The summed E-state index contributed by atoms with van der Waals surface area (Å²) in [5, 5.41) is 2.90. The van der Waals surface area contributed by atoms with Gasteiger partial charge in [-0.05, 0) is 71.1 Å². The van der Waals surface area contributed by atoms with Crippen molar-refractivity contribution >= 4 is 27.8 Å². The molecule has 1 unspecified atom stereocenters. The second-order valence-corrected chi connectivity index (χ2v) is 11.5. The number of hydrogen-bond acceptors (Lipinski definition) is 5. The van der Waals surface area contributed by atoms with Gasteiger partial charge >= 0.3 is 6.09 Å². The molecule has 1 amide bonds. The number of H-pyrrole nitrogens is 2. The lowest BCUT2D eigenvalue weighted by atomic mass is 9.98. The smallest absolute Gasteiger partial charge is 0.410 e. The van der Waals surface area contributed by atoms with Gasteiger partial charge in [0, 0.05) is 35.7 Å². The molecule has 3 heterocycles. The van der Waals surface area contributed by atoms with Gasteiger partial charge in [-0.3, -0.25) is 9.69 Å². The molecule has 6 aromatic rings. The molecule has 0 saturated carbocycles. The van der Waals surface area contributed by atoms with Crippen LogP contribution in [-0.4, -0.2) is 39.0 Å². The molecule has 1 saturated heterocycles. The zero-order valence-electron chi connectivity index (χ0n) is 26.3. The summed E-state index contributed by atoms with van der Waals surface area (Å²) in [5.74, 6) is 0.978. The van der Waals surface area contributed by atoms with Crippen LogP contribution in [0.3, 0.4) is 0 Å². The number of amides is 1. The molecule has 1 aliphatic heterocycles. The highest BCUT2D eigenvalue weighted by atomic mass is 16.6. The monoisotopic (exact) mass is 613 g/mol. The van der Waals surface area contributed by atoms with E-state index in [0.717, 1.165) is 81.6 Å². The van der Waals surface area contributed by atoms with Crippen LogP contribution in [0.2, 0.25) is 0 Å². The molecule has 1 atom stereocenters. The molecule has 1 fully saturated rings. The Morgan fingerprint density at radius 3 is 2.35 bits per heavy atom. The highest BCUT2D eigenvalue weighted by Gasteiger charge is 2.32. The highest BCUT2D eigenvalue weighted by molar-refractivity contribution is 5.92. The molecular formula is C38H39N5O3. The van der Waals surface area contributed by atoms with Crippen LogP contribution in [0.15, 0.2) is 102 Å². The van der Waals surface area contributed by atoms with E-state index in [9.17, 15) is 9.59 Å². The van der Waals surface area contributed by atoms with Crippen molar-refractivity contribution in [2.24, 2.45) is 5.73 Å². The number of ether oxygens (including phenoxy) is 1. The maximum Gasteiger partial charge on any atom is 0.410 e. The number of nitrogens with two attached hydrogens (primary N) is 1. The van der Waals surface area contributed by atoms with E-state index < -0.39 is 0 Å². The minimum atomic E-state index is -0.362. The predicted octanol–water partition coefficient (Wildman–Crippen LogP) is 7.74. The molecule has 8 heteroatoms. The van der Waals surface area contributed by atoms with Gasteiger partial charge in [0.25, 0.3) is 0 Å². The zero-order chi connectivity index (χ0) is 32.0. The molecular weight excluding hydrogens is 574 g/mol. The fourth-order valence-electron chi connectivity index (χ4n) is 6.02. The van der Waals surface area contributed by atoms with Crippen LogP contribution in [0, 0.1) is 0 Å². The Bertz CT molecular complexity index is 2030. The number of pyridine rings is 1. The molecule has 0 spiro atoms. The van der Waals surface area contributed by atoms with E-state index in [2.05, 4.69) is 58.3 Å². The third-order valence-electron chi connectivity index (χ3n) is 8.35. The third kappa shape index (κ3) is 6.57. The van der Waals surface area contributed by atoms with E-state index in [1.54, 1.807) is 11.0 Å². The van der Waals surface area contributed by atoms with Gasteiger partial charge in [-0.25, -0.2) is 9.78 Å². The topological polar surface area (TPSA) is 117 Å². The summed E-state index contributed by atoms with van der Waals surface area (Å²) in [6, 6.07) is 29.8. The zero-order valence-corrected chi connectivity index (χ0v) is 26.3. The van der Waals surface area contributed by atoms with Gasteiger partial charge in [-0.15, -0.1) is 0 Å². The largest absolute Gasteiger partial charge is 0.445 e. The Morgan fingerprint density at radius 2 is 1.61 bits per heavy atom. The van der Waals surface area contributed by atoms with Crippen molar-refractivity contribution in [3.8, 4) is 22.4 Å². The molecule has 0 bridgehead atoms. The normalized spacial score (nSPS) is 14.3. The first-order chi connectivity index (χ1) is 22.5. The van der Waals surface area contributed by atoms with Crippen LogP contribution in [0.25, 0.3) is 44.1 Å². The van der Waals surface area contributed by atoms with Crippen LogP contribution in [0.1, 0.15) is 49.8 Å². The quantitative estimate of drug-likeness (QED) is 0.178. The van der Waals surface area contributed by atoms with Crippen molar-refractivity contribution in [3.63, 3.8) is 0 Å². The van der Waals surface area contributed by atoms with Gasteiger partial charge in [0.1, 0.15) is 12.4 Å². The van der Waals surface area contributed by atoms with E-state index in [4.69, 9.17) is 10.5 Å². The van der Waals surface area contributed by atoms with Gasteiger partial charge in [0.15, 0.2) is 5.43 Å². The fourth-order valence-corrected chi connectivity index (χ4v) is 6.02. The average Bonchev–Trinajstić information content (AvgIpc) is 3.78. The van der Waals surface area contributed by atoms with Crippen LogP contribution in [0.5, 0.6) is 0 Å². The molecule has 2 aromatic heterocycles. The van der Waals surface area contributed by atoms with Crippen molar-refractivity contribution < 1.29 is 9.53 Å². The minimum absolute atomic E-state index is 0.0594. The molecule has 1 aliphatic rings. The second-order valence-electron chi connectivity index (χ2n) is 11.5. The predicted molar refractivity (Wildman–Crippen MR) is 185 cm³/mol. The Morgan fingerprint density at radius 1 is 0.913 bits per heavy atom. The van der Waals surface area contributed by atoms with Crippen LogP contribution in [-0.2, 0) is 17.8 Å². The molecule has 4 aromatic carbocycles. The van der Waals surface area contributed by atoms with Crippen LogP contribution >= 0.6 is 0 Å². The first-order valence-electron chi connectivity index (χ1n) is 15.9. The number of hydrogen-bond donors (Lipinski definition) is 3. The van der Waals surface area contributed by atoms with E-state index in [-0.39, 0.29) is 24.2 Å². The van der Waals surface area contributed by atoms with E-state index >= 15 is 0 Å². The van der Waals surface area contributed by atoms with Gasteiger partial charge in [-0.2, -0.15) is 0 Å². The number of aromatic amines is 2. The van der Waals surface area contributed by atoms with Gasteiger partial charge < -0.3 is 20.4 Å². The summed E-state index contributed by atoms with van der Waals surface area (Å²) in [5.41, 5.74) is 11.4. The van der Waals surface area contributed by atoms with Crippen molar-refractivity contribution in [2.75, 3.05) is 13.1 Å². The van der Waals surface area contributed by atoms with Gasteiger partial charge in [0.2, 0.25) is 0 Å². The standard InChI is InChI=1S/C36H32N4O3.C2H7N/c1-2-35-37-21-32(39-35)28-13-12-24-17-25(10-11-26(24)18-28)27-14-15-29-30(19-27)38-31(20-34(29)41)33-9-6-16-40(33)36(42)43-22-23-7-4-3-5-8-23;1-2-3/h3-5,7-8,10-15,17-21,33H,2,6,9,16,22H2,1H3,(H,37,39)(H,38,41);2-3H2,1H3. The molecule has 46 heavy (non-hydrogen) atoms. The van der Waals surface area contributed by atoms with Crippen molar-refractivity contribution in [3.05, 3.63) is 124 Å². The molecule has 8 nitrogen and oxygen atoms in total. The molecule has 0 aliphatic carbocycles. The number of aromatic nitrogens is 3.